The molecule has 0 fully saturated rings. The summed E-state index contributed by atoms with van der Waals surface area (Å²) in [5.74, 6) is 0.144. The summed E-state index contributed by atoms with van der Waals surface area (Å²) in [5.41, 5.74) is 0.649. The number of nitrogens with zero attached hydrogens (tertiary/aromatic N) is 2. The highest BCUT2D eigenvalue weighted by atomic mass is 80.0. The molecule has 5 nitrogen and oxygen atoms in total. The first-order valence-corrected chi connectivity index (χ1v) is 8.39. The van der Waals surface area contributed by atoms with Crippen LogP contribution in [0.3, 0.4) is 0 Å². The third-order valence-corrected chi connectivity index (χ3v) is 7.03. The minimum Gasteiger partial charge on any atom is -0.408 e. The molecule has 18 heavy (non-hydrogen) atoms. The molecule has 1 aromatic carbocycles. The van der Waals surface area contributed by atoms with Gasteiger partial charge in [0.1, 0.15) is 0 Å². The van der Waals surface area contributed by atoms with Crippen LogP contribution >= 0.6 is 47.8 Å². The lowest BCUT2D eigenvalue weighted by atomic mass is 10.2. The maximum Gasteiger partial charge on any atom is 0.339 e. The molecule has 0 radical (unpaired) electrons. The van der Waals surface area contributed by atoms with Crippen molar-refractivity contribution in [2.45, 2.75) is 6.70 Å². The van der Waals surface area contributed by atoms with Crippen LogP contribution in [0.25, 0.3) is 11.5 Å². The van der Waals surface area contributed by atoms with Crippen LogP contribution in [0.4, 0.5) is 0 Å². The molecule has 0 saturated heterocycles. The molecule has 1 heterocycles. The van der Waals surface area contributed by atoms with Crippen molar-refractivity contribution < 1.29 is 12.8 Å². The number of alkyl halides is 3. The third-order valence-electron chi connectivity index (χ3n) is 1.96. The fourth-order valence-electron chi connectivity index (χ4n) is 1.11. The summed E-state index contributed by atoms with van der Waals surface area (Å²) in [7, 11) is -3.85. The van der Waals surface area contributed by atoms with Crippen LogP contribution in [0.15, 0.2) is 40.0 Å². The number of hydrogen-bond acceptors (Lipinski definition) is 5. The highest BCUT2D eigenvalue weighted by Gasteiger charge is 2.42. The standard InChI is InChI=1S/C9H5Br3N2O3S/c10-9(11,12)18(15,16)8-14-13-7(17-8)6-4-2-1-3-5-6/h1-5H. The fourth-order valence-corrected chi connectivity index (χ4v) is 2.90. The zero-order chi connectivity index (χ0) is 13.4. The van der Waals surface area contributed by atoms with Gasteiger partial charge in [-0.2, -0.15) is 0 Å². The van der Waals surface area contributed by atoms with E-state index in [9.17, 15) is 8.42 Å². The maximum absolute atomic E-state index is 12.0. The molecular weight excluding hydrogens is 456 g/mol. The van der Waals surface area contributed by atoms with Gasteiger partial charge >= 0.3 is 5.22 Å². The van der Waals surface area contributed by atoms with Gasteiger partial charge in [0.2, 0.25) is 7.37 Å². The number of halogens is 3. The summed E-state index contributed by atoms with van der Waals surface area (Å²) >= 11 is 8.76. The van der Waals surface area contributed by atoms with Crippen molar-refractivity contribution in [2.24, 2.45) is 0 Å². The Bertz CT molecular complexity index is 649. The molecule has 1 aromatic heterocycles. The molecule has 0 N–H and O–H groups in total. The van der Waals surface area contributed by atoms with Gasteiger partial charge in [-0.05, 0) is 59.9 Å². The molecule has 0 aliphatic heterocycles. The Hall–Kier alpha value is -0.250. The Kier molecular flexibility index (Phi) is 3.96. The molecule has 9 heteroatoms. The van der Waals surface area contributed by atoms with Crippen molar-refractivity contribution >= 4 is 57.6 Å². The van der Waals surface area contributed by atoms with Crippen LogP contribution in [0, 0.1) is 0 Å². The Morgan fingerprint density at radius 3 is 2.22 bits per heavy atom. The van der Waals surface area contributed by atoms with Crippen LogP contribution in [0.5, 0.6) is 0 Å². The normalized spacial score (nSPS) is 12.6. The second-order valence-corrected chi connectivity index (χ2v) is 13.5. The van der Waals surface area contributed by atoms with Gasteiger partial charge in [0.25, 0.3) is 9.84 Å². The van der Waals surface area contributed by atoms with Crippen LogP contribution in [0.2, 0.25) is 0 Å². The van der Waals surface area contributed by atoms with E-state index in [0.717, 1.165) is 0 Å². The monoisotopic (exact) mass is 458 g/mol. The van der Waals surface area contributed by atoms with Gasteiger partial charge in [-0.1, -0.05) is 23.3 Å². The van der Waals surface area contributed by atoms with Gasteiger partial charge in [-0.15, -0.1) is 5.10 Å². The van der Waals surface area contributed by atoms with E-state index in [2.05, 4.69) is 58.0 Å². The van der Waals surface area contributed by atoms with Crippen LogP contribution in [-0.2, 0) is 9.84 Å². The maximum atomic E-state index is 12.0. The smallest absolute Gasteiger partial charge is 0.339 e. The summed E-state index contributed by atoms with van der Waals surface area (Å²) in [4.78, 5) is 0. The molecular formula is C9H5Br3N2O3S. The van der Waals surface area contributed by atoms with Gasteiger partial charge in [0, 0.05) is 5.56 Å². The van der Waals surface area contributed by atoms with Crippen molar-refractivity contribution in [1.29, 1.82) is 0 Å². The predicted octanol–water partition coefficient (Wildman–Crippen LogP) is 3.31. The van der Waals surface area contributed by atoms with E-state index >= 15 is 0 Å². The lowest BCUT2D eigenvalue weighted by Gasteiger charge is -2.08. The van der Waals surface area contributed by atoms with Crippen molar-refractivity contribution in [3.05, 3.63) is 30.3 Å². The summed E-state index contributed by atoms with van der Waals surface area (Å²) < 4.78 is 27.6. The number of rotatable bonds is 2. The van der Waals surface area contributed by atoms with E-state index in [1.165, 1.54) is 0 Å². The summed E-state index contributed by atoms with van der Waals surface area (Å²) in [6, 6.07) is 8.90. The number of aromatic nitrogens is 2. The second kappa shape index (κ2) is 5.03. The second-order valence-electron chi connectivity index (χ2n) is 3.19. The molecule has 0 aliphatic rings. The molecule has 0 saturated carbocycles. The average Bonchev–Trinajstić information content (AvgIpc) is 2.78. The molecule has 96 valence electrons. The molecule has 2 rings (SSSR count). The quantitative estimate of drug-likeness (QED) is 0.643. The number of sulfone groups is 1. The Balaban J connectivity index is 2.45. The third kappa shape index (κ3) is 2.68. The van der Waals surface area contributed by atoms with E-state index in [1.807, 2.05) is 6.07 Å². The van der Waals surface area contributed by atoms with Crippen LogP contribution < -0.4 is 0 Å². The highest BCUT2D eigenvalue weighted by molar-refractivity contribution is 9.42. The van der Waals surface area contributed by atoms with E-state index in [4.69, 9.17) is 4.42 Å². The van der Waals surface area contributed by atoms with E-state index in [0.29, 0.717) is 5.56 Å². The van der Waals surface area contributed by atoms with Crippen molar-refractivity contribution in [3.8, 4) is 11.5 Å². The number of benzene rings is 1. The first kappa shape index (κ1) is 14.2. The lowest BCUT2D eigenvalue weighted by Crippen LogP contribution is -2.18. The predicted molar refractivity (Wildman–Crippen MR) is 76.4 cm³/mol. The average molecular weight is 461 g/mol. The Labute approximate surface area is 128 Å². The molecule has 0 aliphatic carbocycles. The number of hydrogen-bond donors (Lipinski definition) is 0. The summed E-state index contributed by atoms with van der Waals surface area (Å²) in [6.07, 6.45) is 0. The van der Waals surface area contributed by atoms with Crippen molar-refractivity contribution in [3.63, 3.8) is 0 Å². The van der Waals surface area contributed by atoms with Gasteiger partial charge in [-0.25, -0.2) is 8.42 Å². The fraction of sp³-hybridized carbons (Fsp3) is 0.111. The highest BCUT2D eigenvalue weighted by Crippen LogP contribution is 2.43. The largest absolute Gasteiger partial charge is 0.408 e. The van der Waals surface area contributed by atoms with Gasteiger partial charge in [0.05, 0.1) is 0 Å². The summed E-state index contributed by atoms with van der Waals surface area (Å²) in [5, 5.41) is 6.76. The zero-order valence-corrected chi connectivity index (χ0v) is 14.1. The van der Waals surface area contributed by atoms with Crippen LogP contribution in [-0.4, -0.2) is 20.1 Å². The molecule has 0 bridgehead atoms. The molecule has 0 amide bonds. The van der Waals surface area contributed by atoms with Gasteiger partial charge in [-0.3, -0.25) is 0 Å². The van der Waals surface area contributed by atoms with Crippen LogP contribution in [0.1, 0.15) is 0 Å². The Morgan fingerprint density at radius 1 is 1.06 bits per heavy atom. The van der Waals surface area contributed by atoms with Gasteiger partial charge in [0.15, 0.2) is 0 Å². The van der Waals surface area contributed by atoms with Gasteiger partial charge < -0.3 is 4.42 Å². The minimum atomic E-state index is -3.85. The Morgan fingerprint density at radius 2 is 1.67 bits per heavy atom. The van der Waals surface area contributed by atoms with E-state index in [-0.39, 0.29) is 5.89 Å². The molecule has 0 unspecified atom stereocenters. The van der Waals surface area contributed by atoms with E-state index in [1.54, 1.807) is 24.3 Å². The molecule has 0 atom stereocenters. The topological polar surface area (TPSA) is 73.1 Å². The zero-order valence-electron chi connectivity index (χ0n) is 8.55. The first-order chi connectivity index (χ1) is 8.32. The molecule has 2 aromatic rings. The van der Waals surface area contributed by atoms with E-state index < -0.39 is 16.5 Å². The first-order valence-electron chi connectivity index (χ1n) is 4.52. The summed E-state index contributed by atoms with van der Waals surface area (Å²) in [6.45, 7) is 0. The SMILES string of the molecule is O=S(=O)(c1nnc(-c2ccccc2)o1)C(Br)(Br)Br. The molecule has 0 spiro atoms. The minimum absolute atomic E-state index is 0.144. The lowest BCUT2D eigenvalue weighted by molar-refractivity contribution is 0.441. The van der Waals surface area contributed by atoms with Crippen molar-refractivity contribution in [2.75, 3.05) is 0 Å². The van der Waals surface area contributed by atoms with Crippen molar-refractivity contribution in [1.82, 2.24) is 10.2 Å².